The van der Waals surface area contributed by atoms with Crippen molar-refractivity contribution in [2.24, 2.45) is 5.92 Å². The van der Waals surface area contributed by atoms with Gasteiger partial charge < -0.3 is 10.6 Å². The molecular weight excluding hydrogens is 412 g/mol. The molecule has 2 N–H and O–H groups in total. The van der Waals surface area contributed by atoms with Crippen molar-refractivity contribution in [1.29, 1.82) is 0 Å². The van der Waals surface area contributed by atoms with Crippen LogP contribution < -0.4 is 10.6 Å². The molecule has 6 heteroatoms. The van der Waals surface area contributed by atoms with Crippen molar-refractivity contribution < 1.29 is 9.59 Å². The van der Waals surface area contributed by atoms with E-state index in [-0.39, 0.29) is 11.8 Å². The van der Waals surface area contributed by atoms with Crippen LogP contribution >= 0.6 is 23.1 Å². The molecule has 0 atom stereocenters. The molecule has 3 aromatic rings. The molecule has 1 aromatic heterocycles. The minimum absolute atomic E-state index is 0.0687. The molecule has 1 aliphatic heterocycles. The number of hydrogen-bond donors (Lipinski definition) is 2. The van der Waals surface area contributed by atoms with E-state index in [0.717, 1.165) is 47.7 Å². The Bertz CT molecular complexity index is 1070. The van der Waals surface area contributed by atoms with Crippen LogP contribution in [0.5, 0.6) is 0 Å². The Balaban J connectivity index is 1.15. The third-order valence-electron chi connectivity index (χ3n) is 6.04. The smallest absolute Gasteiger partial charge is 0.234 e. The average molecular weight is 437 g/mol. The average Bonchev–Trinajstić information content (AvgIpc) is 3.21. The summed E-state index contributed by atoms with van der Waals surface area (Å²) in [6.07, 6.45) is 3.95. The van der Waals surface area contributed by atoms with Crippen molar-refractivity contribution in [3.05, 3.63) is 59.0 Å². The van der Waals surface area contributed by atoms with Crippen molar-refractivity contribution >= 4 is 50.6 Å². The molecule has 0 spiro atoms. The van der Waals surface area contributed by atoms with Crippen LogP contribution in [0.1, 0.15) is 40.9 Å². The number of carbonyl (C=O) groups is 2. The number of amides is 1. The minimum atomic E-state index is 0.0687. The second-order valence-electron chi connectivity index (χ2n) is 8.11. The van der Waals surface area contributed by atoms with E-state index in [1.165, 1.54) is 15.6 Å². The van der Waals surface area contributed by atoms with Gasteiger partial charge in [0.2, 0.25) is 5.91 Å². The summed E-state index contributed by atoms with van der Waals surface area (Å²) in [7, 11) is 0. The third-order valence-corrected chi connectivity index (χ3v) is 8.24. The number of ketones is 1. The van der Waals surface area contributed by atoms with E-state index in [1.807, 2.05) is 12.1 Å². The van der Waals surface area contributed by atoms with Gasteiger partial charge in [0.25, 0.3) is 0 Å². The van der Waals surface area contributed by atoms with Gasteiger partial charge >= 0.3 is 0 Å². The van der Waals surface area contributed by atoms with Crippen molar-refractivity contribution in [2.75, 3.05) is 11.1 Å². The zero-order valence-electron chi connectivity index (χ0n) is 16.6. The number of hydrogen-bond acceptors (Lipinski definition) is 5. The lowest BCUT2D eigenvalue weighted by Crippen LogP contribution is -2.34. The Hall–Kier alpha value is -2.15. The number of benzene rings is 2. The normalized spacial score (nSPS) is 21.3. The maximum atomic E-state index is 13.0. The van der Waals surface area contributed by atoms with Gasteiger partial charge in [0.05, 0.1) is 16.3 Å². The first-order valence-corrected chi connectivity index (χ1v) is 12.3. The molecular formula is C24H24N2O2S2. The fraction of sp³-hybridized carbons (Fsp3) is 0.333. The predicted molar refractivity (Wildman–Crippen MR) is 125 cm³/mol. The largest absolute Gasteiger partial charge is 0.324 e. The highest BCUT2D eigenvalue weighted by molar-refractivity contribution is 8.00. The molecule has 1 aliphatic carbocycles. The number of thioether (sulfide) groups is 1. The van der Waals surface area contributed by atoms with Gasteiger partial charge in [-0.05, 0) is 60.9 Å². The molecule has 0 saturated heterocycles. The summed E-state index contributed by atoms with van der Waals surface area (Å²) in [6.45, 7) is 0.785. The Kier molecular flexibility index (Phi) is 5.63. The first-order chi connectivity index (χ1) is 14.7. The highest BCUT2D eigenvalue weighted by Gasteiger charge is 2.28. The summed E-state index contributed by atoms with van der Waals surface area (Å²) in [5.74, 6) is 1.03. The van der Waals surface area contributed by atoms with Gasteiger partial charge in [-0.25, -0.2) is 0 Å². The number of fused-ring (bicyclic) bond motifs is 2. The molecule has 30 heavy (non-hydrogen) atoms. The Morgan fingerprint density at radius 3 is 2.73 bits per heavy atom. The van der Waals surface area contributed by atoms with Gasteiger partial charge in [-0.2, -0.15) is 0 Å². The quantitative estimate of drug-likeness (QED) is 0.520. The van der Waals surface area contributed by atoms with Crippen LogP contribution in [0.15, 0.2) is 53.4 Å². The van der Waals surface area contributed by atoms with Gasteiger partial charge in [-0.15, -0.1) is 23.1 Å². The second kappa shape index (κ2) is 8.53. The van der Waals surface area contributed by atoms with Crippen molar-refractivity contribution in [2.45, 2.75) is 43.2 Å². The van der Waals surface area contributed by atoms with E-state index in [4.69, 9.17) is 0 Å². The van der Waals surface area contributed by atoms with Crippen LogP contribution in [0.2, 0.25) is 0 Å². The highest BCUT2D eigenvalue weighted by Crippen LogP contribution is 2.34. The first-order valence-electron chi connectivity index (χ1n) is 10.5. The first kappa shape index (κ1) is 19.8. The molecule has 2 aromatic carbocycles. The zero-order valence-corrected chi connectivity index (χ0v) is 18.3. The van der Waals surface area contributed by atoms with E-state index in [1.54, 1.807) is 23.1 Å². The third kappa shape index (κ3) is 4.17. The van der Waals surface area contributed by atoms with Crippen molar-refractivity contribution in [3.8, 4) is 0 Å². The Morgan fingerprint density at radius 2 is 1.90 bits per heavy atom. The molecule has 1 amide bonds. The van der Waals surface area contributed by atoms with E-state index in [0.29, 0.717) is 17.6 Å². The summed E-state index contributed by atoms with van der Waals surface area (Å²) in [4.78, 5) is 26.6. The van der Waals surface area contributed by atoms with Crippen LogP contribution in [-0.2, 0) is 11.3 Å². The molecule has 0 bridgehead atoms. The monoisotopic (exact) mass is 436 g/mol. The molecule has 4 nitrogen and oxygen atoms in total. The fourth-order valence-electron chi connectivity index (χ4n) is 4.37. The number of anilines is 1. The van der Waals surface area contributed by atoms with E-state index in [2.05, 4.69) is 47.0 Å². The van der Waals surface area contributed by atoms with Gasteiger partial charge in [0.15, 0.2) is 5.78 Å². The summed E-state index contributed by atoms with van der Waals surface area (Å²) >= 11 is 3.21. The van der Waals surface area contributed by atoms with E-state index in [9.17, 15) is 9.59 Å². The standard InChI is InChI=1S/C24H24N2O2S2/c27-23-14-29-21-10-5-15(11-19(21)26-23)13-25-18-8-6-16(7-9-18)24(28)22-12-17-3-1-2-4-20(17)30-22/h1-5,10-12,16,18,25H,6-9,13-14H2,(H,26,27). The van der Waals surface area contributed by atoms with E-state index >= 15 is 0 Å². The summed E-state index contributed by atoms with van der Waals surface area (Å²) in [5, 5.41) is 7.77. The minimum Gasteiger partial charge on any atom is -0.324 e. The second-order valence-corrected chi connectivity index (χ2v) is 10.2. The number of thiophene rings is 1. The fourth-order valence-corrected chi connectivity index (χ4v) is 6.24. The lowest BCUT2D eigenvalue weighted by atomic mass is 9.83. The SMILES string of the molecule is O=C1CSc2ccc(CNC3CCC(C(=O)c4cc5ccccc5s4)CC3)cc2N1. The van der Waals surface area contributed by atoms with E-state index < -0.39 is 0 Å². The van der Waals surface area contributed by atoms with Gasteiger partial charge in [-0.1, -0.05) is 24.3 Å². The highest BCUT2D eigenvalue weighted by atomic mass is 32.2. The van der Waals surface area contributed by atoms with Crippen LogP contribution in [-0.4, -0.2) is 23.5 Å². The lowest BCUT2D eigenvalue weighted by molar-refractivity contribution is -0.113. The molecule has 0 radical (unpaired) electrons. The number of rotatable bonds is 5. The molecule has 1 fully saturated rings. The molecule has 0 unspecified atom stereocenters. The predicted octanol–water partition coefficient (Wildman–Crippen LogP) is 5.48. The Morgan fingerprint density at radius 1 is 1.07 bits per heavy atom. The van der Waals surface area contributed by atoms with Crippen molar-refractivity contribution in [3.63, 3.8) is 0 Å². The lowest BCUT2D eigenvalue weighted by Gasteiger charge is -2.28. The number of nitrogens with one attached hydrogen (secondary N) is 2. The Labute approximate surface area is 184 Å². The van der Waals surface area contributed by atoms with Crippen LogP contribution in [0.25, 0.3) is 10.1 Å². The van der Waals surface area contributed by atoms with Crippen LogP contribution in [0, 0.1) is 5.92 Å². The summed E-state index contributed by atoms with van der Waals surface area (Å²) in [5.41, 5.74) is 2.10. The molecule has 154 valence electrons. The molecule has 1 saturated carbocycles. The van der Waals surface area contributed by atoms with Gasteiger partial charge in [0.1, 0.15) is 0 Å². The maximum absolute atomic E-state index is 13.0. The summed E-state index contributed by atoms with van der Waals surface area (Å²) < 4.78 is 1.19. The summed E-state index contributed by atoms with van der Waals surface area (Å²) in [6, 6.07) is 17.0. The van der Waals surface area contributed by atoms with Gasteiger partial charge in [-0.3, -0.25) is 9.59 Å². The maximum Gasteiger partial charge on any atom is 0.234 e. The van der Waals surface area contributed by atoms with Crippen molar-refractivity contribution in [1.82, 2.24) is 5.32 Å². The molecule has 5 rings (SSSR count). The number of Topliss-reactive ketones (excluding diaryl/α,β-unsaturated/α-hetero) is 1. The molecule has 2 heterocycles. The van der Waals surface area contributed by atoms with Gasteiger partial charge in [0, 0.05) is 28.1 Å². The number of carbonyl (C=O) groups excluding carboxylic acids is 2. The van der Waals surface area contributed by atoms with Crippen LogP contribution in [0.4, 0.5) is 5.69 Å². The zero-order chi connectivity index (χ0) is 20.5. The van der Waals surface area contributed by atoms with Crippen LogP contribution in [0.3, 0.4) is 0 Å². The molecule has 2 aliphatic rings. The topological polar surface area (TPSA) is 58.2 Å².